The summed E-state index contributed by atoms with van der Waals surface area (Å²) in [5, 5.41) is 0. The van der Waals surface area contributed by atoms with Crippen LogP contribution in [0.1, 0.15) is 40.0 Å². The van der Waals surface area contributed by atoms with Crippen molar-refractivity contribution in [3.05, 3.63) is 11.6 Å². The molecular formula is C11H20O2. The van der Waals surface area contributed by atoms with E-state index in [2.05, 4.69) is 31.6 Å². The summed E-state index contributed by atoms with van der Waals surface area (Å²) in [5.41, 5.74) is 1.18. The normalized spacial score (nSPS) is 11.9. The zero-order valence-corrected chi connectivity index (χ0v) is 9.09. The summed E-state index contributed by atoms with van der Waals surface area (Å²) in [5.74, 6) is 0.510. The number of rotatable bonds is 5. The minimum atomic E-state index is -0.142. The van der Waals surface area contributed by atoms with Crippen molar-refractivity contribution in [2.24, 2.45) is 5.92 Å². The molecule has 0 heterocycles. The number of hydrogen-bond donors (Lipinski definition) is 0. The molecule has 13 heavy (non-hydrogen) atoms. The second-order valence-electron chi connectivity index (χ2n) is 3.60. The molecule has 0 radical (unpaired) electrons. The Morgan fingerprint density at radius 2 is 2.08 bits per heavy atom. The van der Waals surface area contributed by atoms with Gasteiger partial charge in [-0.3, -0.25) is 4.79 Å². The van der Waals surface area contributed by atoms with E-state index in [0.717, 1.165) is 12.8 Å². The first-order valence-corrected chi connectivity index (χ1v) is 4.84. The molecule has 0 unspecified atom stereocenters. The Labute approximate surface area is 81.0 Å². The van der Waals surface area contributed by atoms with Crippen LogP contribution in [0.15, 0.2) is 11.6 Å². The molecule has 0 aromatic heterocycles. The van der Waals surface area contributed by atoms with Crippen LogP contribution >= 0.6 is 0 Å². The van der Waals surface area contributed by atoms with Crippen molar-refractivity contribution in [1.82, 2.24) is 0 Å². The van der Waals surface area contributed by atoms with E-state index in [1.165, 1.54) is 12.7 Å². The highest BCUT2D eigenvalue weighted by Crippen LogP contribution is 2.11. The molecule has 0 aliphatic heterocycles. The van der Waals surface area contributed by atoms with E-state index in [-0.39, 0.29) is 5.97 Å². The van der Waals surface area contributed by atoms with Crippen LogP contribution in [0.4, 0.5) is 0 Å². The van der Waals surface area contributed by atoms with Gasteiger partial charge in [-0.25, -0.2) is 0 Å². The van der Waals surface area contributed by atoms with Gasteiger partial charge in [0.15, 0.2) is 0 Å². The number of carbonyl (C=O) groups is 1. The fraction of sp³-hybridized carbons (Fsp3) is 0.727. The Kier molecular flexibility index (Phi) is 6.29. The summed E-state index contributed by atoms with van der Waals surface area (Å²) in [6.45, 7) is 6.40. The molecular weight excluding hydrogens is 164 g/mol. The molecule has 0 spiro atoms. The maximum Gasteiger partial charge on any atom is 0.309 e. The molecule has 0 fully saturated rings. The molecule has 0 aliphatic carbocycles. The Bertz CT molecular complexity index is 181. The van der Waals surface area contributed by atoms with Gasteiger partial charge in [0.05, 0.1) is 13.5 Å². The first-order chi connectivity index (χ1) is 6.10. The van der Waals surface area contributed by atoms with Crippen molar-refractivity contribution in [2.45, 2.75) is 40.0 Å². The Morgan fingerprint density at radius 3 is 2.46 bits per heavy atom. The summed E-state index contributed by atoms with van der Waals surface area (Å²) in [6.07, 6.45) is 4.57. The van der Waals surface area contributed by atoms with Crippen LogP contribution in [0.5, 0.6) is 0 Å². The van der Waals surface area contributed by atoms with Crippen molar-refractivity contribution in [3.8, 4) is 0 Å². The van der Waals surface area contributed by atoms with Gasteiger partial charge in [-0.05, 0) is 18.8 Å². The third-order valence-corrected chi connectivity index (χ3v) is 1.93. The number of methoxy groups -OCH3 is 1. The minimum Gasteiger partial charge on any atom is -0.469 e. The van der Waals surface area contributed by atoms with Crippen LogP contribution in [0.2, 0.25) is 0 Å². The van der Waals surface area contributed by atoms with Crippen LogP contribution in [-0.4, -0.2) is 13.1 Å². The lowest BCUT2D eigenvalue weighted by atomic mass is 10.0. The molecule has 0 rings (SSSR count). The molecule has 0 saturated carbocycles. The average molecular weight is 184 g/mol. The zero-order valence-electron chi connectivity index (χ0n) is 9.09. The van der Waals surface area contributed by atoms with Gasteiger partial charge in [-0.1, -0.05) is 32.4 Å². The fourth-order valence-corrected chi connectivity index (χ4v) is 1.00. The Balaban J connectivity index is 4.01. The molecule has 0 amide bonds. The average Bonchev–Trinajstić information content (AvgIpc) is 2.11. The number of ether oxygens (including phenoxy) is 1. The predicted octanol–water partition coefficient (Wildman–Crippen LogP) is 2.93. The molecule has 76 valence electrons. The monoisotopic (exact) mass is 184 g/mol. The molecule has 0 aromatic rings. The lowest BCUT2D eigenvalue weighted by Gasteiger charge is -2.04. The largest absolute Gasteiger partial charge is 0.469 e. The topological polar surface area (TPSA) is 26.3 Å². The predicted molar refractivity (Wildman–Crippen MR) is 54.5 cm³/mol. The first kappa shape index (κ1) is 12.2. The fourth-order valence-electron chi connectivity index (χ4n) is 1.00. The third kappa shape index (κ3) is 6.38. The molecule has 0 aliphatic rings. The van der Waals surface area contributed by atoms with Gasteiger partial charge in [-0.2, -0.15) is 0 Å². The van der Waals surface area contributed by atoms with E-state index < -0.39 is 0 Å². The molecule has 0 saturated heterocycles. The highest BCUT2D eigenvalue weighted by atomic mass is 16.5. The van der Waals surface area contributed by atoms with Crippen molar-refractivity contribution in [1.29, 1.82) is 0 Å². The van der Waals surface area contributed by atoms with Gasteiger partial charge in [0.1, 0.15) is 0 Å². The summed E-state index contributed by atoms with van der Waals surface area (Å²) in [7, 11) is 1.43. The van der Waals surface area contributed by atoms with E-state index >= 15 is 0 Å². The van der Waals surface area contributed by atoms with E-state index in [4.69, 9.17) is 0 Å². The summed E-state index contributed by atoms with van der Waals surface area (Å²) in [4.78, 5) is 11.0. The number of carbonyl (C=O) groups excluding carboxylic acids is 1. The van der Waals surface area contributed by atoms with Crippen LogP contribution in [0.3, 0.4) is 0 Å². The van der Waals surface area contributed by atoms with Gasteiger partial charge in [-0.15, -0.1) is 0 Å². The minimum absolute atomic E-state index is 0.142. The van der Waals surface area contributed by atoms with Gasteiger partial charge in [0, 0.05) is 0 Å². The van der Waals surface area contributed by atoms with Crippen LogP contribution in [-0.2, 0) is 9.53 Å². The second-order valence-corrected chi connectivity index (χ2v) is 3.60. The van der Waals surface area contributed by atoms with Crippen molar-refractivity contribution >= 4 is 5.97 Å². The quantitative estimate of drug-likeness (QED) is 0.485. The highest BCUT2D eigenvalue weighted by molar-refractivity contribution is 5.72. The Hall–Kier alpha value is -0.790. The van der Waals surface area contributed by atoms with Crippen LogP contribution < -0.4 is 0 Å². The summed E-state index contributed by atoms with van der Waals surface area (Å²) in [6, 6.07) is 0. The SMILES string of the molecule is CCC(=CCC(C)C)CC(=O)OC. The van der Waals surface area contributed by atoms with Crippen LogP contribution in [0, 0.1) is 5.92 Å². The van der Waals surface area contributed by atoms with Crippen molar-refractivity contribution in [3.63, 3.8) is 0 Å². The van der Waals surface area contributed by atoms with Gasteiger partial charge in [0.2, 0.25) is 0 Å². The van der Waals surface area contributed by atoms with E-state index in [0.29, 0.717) is 12.3 Å². The molecule has 2 nitrogen and oxygen atoms in total. The zero-order chi connectivity index (χ0) is 10.3. The molecule has 0 atom stereocenters. The summed E-state index contributed by atoms with van der Waals surface area (Å²) >= 11 is 0. The maximum absolute atomic E-state index is 11.0. The van der Waals surface area contributed by atoms with E-state index in [1.807, 2.05) is 0 Å². The second kappa shape index (κ2) is 6.70. The lowest BCUT2D eigenvalue weighted by molar-refractivity contribution is -0.139. The van der Waals surface area contributed by atoms with Crippen molar-refractivity contribution < 1.29 is 9.53 Å². The van der Waals surface area contributed by atoms with E-state index in [1.54, 1.807) is 0 Å². The van der Waals surface area contributed by atoms with Gasteiger partial charge in [0.25, 0.3) is 0 Å². The standard InChI is InChI=1S/C11H20O2/c1-5-10(7-6-9(2)3)8-11(12)13-4/h7,9H,5-6,8H2,1-4H3. The number of hydrogen-bond acceptors (Lipinski definition) is 2. The van der Waals surface area contributed by atoms with Crippen molar-refractivity contribution in [2.75, 3.05) is 7.11 Å². The number of allylic oxidation sites excluding steroid dienone is 1. The third-order valence-electron chi connectivity index (χ3n) is 1.93. The molecule has 0 aromatic carbocycles. The first-order valence-electron chi connectivity index (χ1n) is 4.84. The summed E-state index contributed by atoms with van der Waals surface area (Å²) < 4.78 is 4.61. The maximum atomic E-state index is 11.0. The number of esters is 1. The molecule has 0 N–H and O–H groups in total. The Morgan fingerprint density at radius 1 is 1.46 bits per heavy atom. The van der Waals surface area contributed by atoms with Gasteiger partial charge < -0.3 is 4.74 Å². The van der Waals surface area contributed by atoms with Crippen LogP contribution in [0.25, 0.3) is 0 Å². The highest BCUT2D eigenvalue weighted by Gasteiger charge is 2.03. The molecule has 2 heteroatoms. The molecule has 0 bridgehead atoms. The van der Waals surface area contributed by atoms with E-state index in [9.17, 15) is 4.79 Å². The van der Waals surface area contributed by atoms with Gasteiger partial charge >= 0.3 is 5.97 Å². The smallest absolute Gasteiger partial charge is 0.309 e. The lowest BCUT2D eigenvalue weighted by Crippen LogP contribution is -2.01.